The zero-order chi connectivity index (χ0) is 31.3. The molecule has 2 atom stereocenters. The molecule has 1 saturated heterocycles. The average Bonchev–Trinajstić information content (AvgIpc) is 3.57. The molecule has 3 aromatic rings. The molecular formula is C33H42N4O6. The molecule has 2 aliphatic rings. The van der Waals surface area contributed by atoms with Gasteiger partial charge in [0, 0.05) is 42.8 Å². The Labute approximate surface area is 253 Å². The molecule has 0 N–H and O–H groups in total. The fraction of sp³-hybridized carbons (Fsp3) is 0.485. The van der Waals surface area contributed by atoms with Crippen LogP contribution in [-0.2, 0) is 26.2 Å². The zero-order valence-electron chi connectivity index (χ0n) is 26.3. The van der Waals surface area contributed by atoms with E-state index >= 15 is 0 Å². The Morgan fingerprint density at radius 3 is 2.26 bits per heavy atom. The number of nitrogens with zero attached hydrogens (tertiary/aromatic N) is 4. The van der Waals surface area contributed by atoms with Crippen molar-refractivity contribution in [2.45, 2.75) is 77.3 Å². The van der Waals surface area contributed by atoms with Gasteiger partial charge in [0.15, 0.2) is 0 Å². The zero-order valence-corrected chi connectivity index (χ0v) is 26.3. The number of aromatic nitrogens is 1. The maximum Gasteiger partial charge on any atom is 0.416 e. The van der Waals surface area contributed by atoms with E-state index in [0.29, 0.717) is 31.6 Å². The normalized spacial score (nSPS) is 19.7. The van der Waals surface area contributed by atoms with Gasteiger partial charge in [0.05, 0.1) is 12.8 Å². The second-order valence-corrected chi connectivity index (χ2v) is 13.3. The highest BCUT2D eigenvalue weighted by atomic mass is 16.6. The van der Waals surface area contributed by atoms with Crippen molar-refractivity contribution in [1.29, 1.82) is 0 Å². The number of hydrogen-bond acceptors (Lipinski definition) is 6. The Morgan fingerprint density at radius 2 is 1.58 bits per heavy atom. The first-order valence-corrected chi connectivity index (χ1v) is 14.7. The van der Waals surface area contributed by atoms with Crippen molar-refractivity contribution >= 4 is 34.9 Å². The number of hydrogen-bond donors (Lipinski definition) is 0. The van der Waals surface area contributed by atoms with Gasteiger partial charge in [-0.1, -0.05) is 36.4 Å². The number of para-hydroxylation sites is 2. The molecule has 0 spiro atoms. The molecular weight excluding hydrogens is 548 g/mol. The van der Waals surface area contributed by atoms with E-state index in [9.17, 15) is 14.4 Å². The van der Waals surface area contributed by atoms with Gasteiger partial charge in [-0.15, -0.1) is 0 Å². The van der Waals surface area contributed by atoms with Gasteiger partial charge in [0.1, 0.15) is 22.9 Å². The maximum atomic E-state index is 13.9. The third kappa shape index (κ3) is 5.39. The second-order valence-electron chi connectivity index (χ2n) is 13.3. The van der Waals surface area contributed by atoms with Crippen LogP contribution in [0.2, 0.25) is 0 Å². The predicted molar refractivity (Wildman–Crippen MR) is 164 cm³/mol. The van der Waals surface area contributed by atoms with E-state index in [4.69, 9.17) is 14.2 Å². The number of rotatable bonds is 4. The van der Waals surface area contributed by atoms with Gasteiger partial charge in [-0.3, -0.25) is 9.80 Å². The van der Waals surface area contributed by atoms with Crippen LogP contribution in [0.25, 0.3) is 10.9 Å². The smallest absolute Gasteiger partial charge is 0.416 e. The third-order valence-corrected chi connectivity index (χ3v) is 7.98. The van der Waals surface area contributed by atoms with Crippen LogP contribution in [0.3, 0.4) is 0 Å². The quantitative estimate of drug-likeness (QED) is 0.329. The number of fused-ring (bicyclic) bond motifs is 4. The fourth-order valence-corrected chi connectivity index (χ4v) is 6.30. The van der Waals surface area contributed by atoms with Crippen molar-refractivity contribution in [3.63, 3.8) is 0 Å². The van der Waals surface area contributed by atoms with Crippen LogP contribution in [0.4, 0.5) is 20.1 Å². The first kappa shape index (κ1) is 30.3. The molecule has 0 saturated carbocycles. The summed E-state index contributed by atoms with van der Waals surface area (Å²) < 4.78 is 18.9. The molecule has 0 unspecified atom stereocenters. The van der Waals surface area contributed by atoms with Crippen LogP contribution in [0.15, 0.2) is 54.7 Å². The first-order chi connectivity index (χ1) is 20.2. The fourth-order valence-electron chi connectivity index (χ4n) is 6.30. The Kier molecular flexibility index (Phi) is 7.61. The standard InChI is InChI=1S/C33H42N4O6/c1-31(2,3)42-28(38)34(7)19-17-22-21-36(25-15-11-9-13-23(22)25)33-18-20-35(29(39)41-8)27(33)37(30(40)43-32(4,5)6)26-16-12-10-14-24(26)33/h9-16,21,27H,17-20H2,1-8H3/t27-,33-/m0/s1. The summed E-state index contributed by atoms with van der Waals surface area (Å²) in [7, 11) is 3.09. The Balaban J connectivity index is 1.63. The molecule has 10 heteroatoms. The lowest BCUT2D eigenvalue weighted by Gasteiger charge is -2.38. The van der Waals surface area contributed by atoms with Gasteiger partial charge < -0.3 is 23.7 Å². The number of anilines is 1. The largest absolute Gasteiger partial charge is 0.453 e. The Bertz CT molecular complexity index is 1550. The van der Waals surface area contributed by atoms with E-state index in [1.165, 1.54) is 7.11 Å². The topological polar surface area (TPSA) is 93.5 Å². The van der Waals surface area contributed by atoms with Crippen LogP contribution in [0.5, 0.6) is 0 Å². The lowest BCUT2D eigenvalue weighted by molar-refractivity contribution is 0.0300. The molecule has 1 aromatic heterocycles. The van der Waals surface area contributed by atoms with Gasteiger partial charge in [0.2, 0.25) is 0 Å². The number of amides is 3. The number of methoxy groups -OCH3 is 1. The lowest BCUT2D eigenvalue weighted by Crippen LogP contribution is -2.56. The SMILES string of the molecule is COC(=O)N1CC[C@]2(n3cc(CCN(C)C(=O)OC(C)(C)C)c4ccccc43)c3ccccc3N(C(=O)OC(C)(C)C)[C@H]12. The number of ether oxygens (including phenoxy) is 3. The van der Waals surface area contributed by atoms with Crippen molar-refractivity contribution in [1.82, 2.24) is 14.4 Å². The molecule has 10 nitrogen and oxygen atoms in total. The average molecular weight is 591 g/mol. The molecule has 43 heavy (non-hydrogen) atoms. The molecule has 2 aliphatic heterocycles. The number of carbonyl (C=O) groups is 3. The molecule has 0 aliphatic carbocycles. The van der Waals surface area contributed by atoms with Crippen LogP contribution in [-0.4, -0.2) is 77.3 Å². The van der Waals surface area contributed by atoms with Crippen LogP contribution < -0.4 is 4.90 Å². The molecule has 0 radical (unpaired) electrons. The summed E-state index contributed by atoms with van der Waals surface area (Å²) in [5.41, 5.74) is 1.50. The minimum Gasteiger partial charge on any atom is -0.453 e. The highest BCUT2D eigenvalue weighted by molar-refractivity contribution is 5.95. The van der Waals surface area contributed by atoms with Crippen molar-refractivity contribution < 1.29 is 28.6 Å². The van der Waals surface area contributed by atoms with E-state index < -0.39 is 35.1 Å². The summed E-state index contributed by atoms with van der Waals surface area (Å²) in [6.45, 7) is 11.9. The number of carbonyl (C=O) groups excluding carboxylic acids is 3. The molecule has 3 amide bonds. The van der Waals surface area contributed by atoms with Gasteiger partial charge in [0.25, 0.3) is 0 Å². The van der Waals surface area contributed by atoms with Crippen molar-refractivity contribution in [2.75, 3.05) is 32.1 Å². The van der Waals surface area contributed by atoms with E-state index in [1.807, 2.05) is 77.9 Å². The third-order valence-electron chi connectivity index (χ3n) is 7.98. The lowest BCUT2D eigenvalue weighted by atomic mass is 9.88. The summed E-state index contributed by atoms with van der Waals surface area (Å²) >= 11 is 0. The minimum atomic E-state index is -0.809. The number of likely N-dealkylation sites (N-methyl/N-ethyl adjacent to an activating group) is 1. The highest BCUT2D eigenvalue weighted by Gasteiger charge is 2.62. The second kappa shape index (κ2) is 10.8. The van der Waals surface area contributed by atoms with Crippen molar-refractivity contribution in [2.24, 2.45) is 0 Å². The van der Waals surface area contributed by atoms with E-state index in [-0.39, 0.29) is 6.09 Å². The van der Waals surface area contributed by atoms with Crippen molar-refractivity contribution in [3.05, 3.63) is 65.9 Å². The molecule has 2 aromatic carbocycles. The number of likely N-dealkylation sites (tertiary alicyclic amines) is 1. The summed E-state index contributed by atoms with van der Waals surface area (Å²) in [6.07, 6.45) is 1.11. The maximum absolute atomic E-state index is 13.9. The van der Waals surface area contributed by atoms with E-state index in [0.717, 1.165) is 22.0 Å². The Hall–Kier alpha value is -4.21. The van der Waals surface area contributed by atoms with Crippen LogP contribution >= 0.6 is 0 Å². The molecule has 230 valence electrons. The summed E-state index contributed by atoms with van der Waals surface area (Å²) in [5, 5.41) is 1.04. The summed E-state index contributed by atoms with van der Waals surface area (Å²) in [6, 6.07) is 15.9. The number of benzene rings is 2. The van der Waals surface area contributed by atoms with Gasteiger partial charge >= 0.3 is 18.3 Å². The molecule has 3 heterocycles. The van der Waals surface area contributed by atoms with Gasteiger partial charge in [-0.2, -0.15) is 0 Å². The first-order valence-electron chi connectivity index (χ1n) is 14.7. The van der Waals surface area contributed by atoms with Crippen molar-refractivity contribution in [3.8, 4) is 0 Å². The molecule has 1 fully saturated rings. The molecule has 0 bridgehead atoms. The summed E-state index contributed by atoms with van der Waals surface area (Å²) in [5.74, 6) is 0. The minimum absolute atomic E-state index is 0.378. The Morgan fingerprint density at radius 1 is 0.930 bits per heavy atom. The van der Waals surface area contributed by atoms with Gasteiger partial charge in [-0.05, 0) is 72.1 Å². The monoisotopic (exact) mass is 590 g/mol. The van der Waals surface area contributed by atoms with E-state index in [2.05, 4.69) is 22.9 Å². The predicted octanol–water partition coefficient (Wildman–Crippen LogP) is 6.35. The van der Waals surface area contributed by atoms with Gasteiger partial charge in [-0.25, -0.2) is 14.4 Å². The molecule has 5 rings (SSSR count). The van der Waals surface area contributed by atoms with Crippen LogP contribution in [0.1, 0.15) is 59.1 Å². The summed E-state index contributed by atoms with van der Waals surface area (Å²) in [4.78, 5) is 44.6. The van der Waals surface area contributed by atoms with E-state index in [1.54, 1.807) is 21.7 Å². The highest BCUT2D eigenvalue weighted by Crippen LogP contribution is 2.54. The van der Waals surface area contributed by atoms with Crippen LogP contribution in [0, 0.1) is 0 Å².